The molecule has 10 heteroatoms. The molecule has 1 N–H and O–H groups in total. The minimum atomic E-state index is -4.50. The highest BCUT2D eigenvalue weighted by atomic mass is 35.5. The van der Waals surface area contributed by atoms with E-state index in [0.717, 1.165) is 36.1 Å². The van der Waals surface area contributed by atoms with Gasteiger partial charge in [0.1, 0.15) is 17.2 Å². The zero-order chi connectivity index (χ0) is 22.9. The Hall–Kier alpha value is -3.17. The Morgan fingerprint density at radius 2 is 1.91 bits per heavy atom. The lowest BCUT2D eigenvalue weighted by Crippen LogP contribution is -2.32. The number of pyridine rings is 3. The van der Waals surface area contributed by atoms with Gasteiger partial charge in [-0.05, 0) is 48.2 Å². The van der Waals surface area contributed by atoms with Gasteiger partial charge in [-0.15, -0.1) is 12.4 Å². The molecule has 2 aliphatic rings. The number of hydrogen-bond donors (Lipinski definition) is 1. The molecule has 0 saturated carbocycles. The van der Waals surface area contributed by atoms with Gasteiger partial charge in [0.05, 0.1) is 0 Å². The Bertz CT molecular complexity index is 1460. The van der Waals surface area contributed by atoms with Gasteiger partial charge in [0, 0.05) is 60.7 Å². The summed E-state index contributed by atoms with van der Waals surface area (Å²) in [6, 6.07) is 10.0. The maximum atomic E-state index is 12.9. The van der Waals surface area contributed by atoms with Crippen LogP contribution in [0.5, 0.6) is 0 Å². The van der Waals surface area contributed by atoms with Crippen molar-refractivity contribution < 1.29 is 13.2 Å². The fourth-order valence-electron chi connectivity index (χ4n) is 5.16. The van der Waals surface area contributed by atoms with Crippen LogP contribution in [0.25, 0.3) is 28.0 Å². The molecule has 6 nitrogen and oxygen atoms in total. The number of alkyl halides is 3. The van der Waals surface area contributed by atoms with Crippen LogP contribution in [0, 0.1) is 0 Å². The molecule has 6 heterocycles. The van der Waals surface area contributed by atoms with Crippen LogP contribution in [0.15, 0.2) is 53.6 Å². The molecule has 0 spiro atoms. The molecular formula is C24H21ClF3N5O. The van der Waals surface area contributed by atoms with Crippen LogP contribution in [0.3, 0.4) is 0 Å². The molecule has 0 aliphatic carbocycles. The molecule has 2 aliphatic heterocycles. The third kappa shape index (κ3) is 3.50. The van der Waals surface area contributed by atoms with Crippen molar-refractivity contribution >= 4 is 23.4 Å². The predicted molar refractivity (Wildman–Crippen MR) is 124 cm³/mol. The summed E-state index contributed by atoms with van der Waals surface area (Å²) in [6.45, 7) is 0. The van der Waals surface area contributed by atoms with E-state index >= 15 is 0 Å². The van der Waals surface area contributed by atoms with Crippen LogP contribution in [0.2, 0.25) is 0 Å². The predicted octanol–water partition coefficient (Wildman–Crippen LogP) is 4.58. The highest BCUT2D eigenvalue weighted by Crippen LogP contribution is 2.41. The van der Waals surface area contributed by atoms with Crippen LogP contribution in [0.1, 0.15) is 35.8 Å². The molecule has 2 atom stereocenters. The summed E-state index contributed by atoms with van der Waals surface area (Å²) >= 11 is 0. The van der Waals surface area contributed by atoms with Crippen molar-refractivity contribution in [2.75, 3.05) is 0 Å². The maximum Gasteiger partial charge on any atom is 0.433 e. The zero-order valence-corrected chi connectivity index (χ0v) is 19.0. The molecule has 2 bridgehead atoms. The highest BCUT2D eigenvalue weighted by molar-refractivity contribution is 5.85. The van der Waals surface area contributed by atoms with Crippen molar-refractivity contribution in [1.29, 1.82) is 0 Å². The standard InChI is InChI=1S/C24H20F3N5O.ClH/c1-31-18-11-15-3-5-17(29-15)22(18)16-4-7-20(30-23(16)31)32-9-8-13(10-21(32)33)14-2-6-19(28-12-14)24(25,26)27;/h2,4,6-10,12,15,17,29H,3,5,11H2,1H3;1H. The van der Waals surface area contributed by atoms with E-state index in [-0.39, 0.29) is 18.0 Å². The van der Waals surface area contributed by atoms with E-state index in [1.54, 1.807) is 12.3 Å². The summed E-state index contributed by atoms with van der Waals surface area (Å²) in [4.78, 5) is 21.1. The minimum absolute atomic E-state index is 0. The molecule has 4 aromatic rings. The fraction of sp³-hybridized carbons (Fsp3) is 0.292. The average molecular weight is 488 g/mol. The lowest BCUT2D eigenvalue weighted by Gasteiger charge is -2.22. The SMILES string of the molecule is Cl.Cn1c2c(c3ccc(-n4ccc(-c5ccc(C(F)(F)F)nc5)cc4=O)nc31)C1CCC(C2)N1. The second kappa shape index (κ2) is 7.95. The molecule has 1 fully saturated rings. The van der Waals surface area contributed by atoms with Crippen LogP contribution >= 0.6 is 12.4 Å². The number of fused-ring (bicyclic) bond motifs is 6. The highest BCUT2D eigenvalue weighted by Gasteiger charge is 2.36. The molecule has 0 amide bonds. The average Bonchev–Trinajstić information content (AvgIpc) is 3.31. The van der Waals surface area contributed by atoms with Crippen LogP contribution in [-0.2, 0) is 19.6 Å². The van der Waals surface area contributed by atoms with Crippen LogP contribution in [0.4, 0.5) is 13.2 Å². The van der Waals surface area contributed by atoms with Crippen molar-refractivity contribution in [3.05, 3.63) is 76.1 Å². The molecule has 0 radical (unpaired) electrons. The summed E-state index contributed by atoms with van der Waals surface area (Å²) in [6.07, 6.45) is 1.50. The molecule has 6 rings (SSSR count). The summed E-state index contributed by atoms with van der Waals surface area (Å²) < 4.78 is 41.8. The zero-order valence-electron chi connectivity index (χ0n) is 18.1. The molecule has 176 valence electrons. The van der Waals surface area contributed by atoms with Gasteiger partial charge < -0.3 is 9.88 Å². The van der Waals surface area contributed by atoms with Gasteiger partial charge in [0.2, 0.25) is 0 Å². The Morgan fingerprint density at radius 1 is 1.09 bits per heavy atom. The summed E-state index contributed by atoms with van der Waals surface area (Å²) in [5.41, 5.74) is 3.11. The lowest BCUT2D eigenvalue weighted by atomic mass is 10.00. The first-order valence-electron chi connectivity index (χ1n) is 10.8. The number of nitrogens with zero attached hydrogens (tertiary/aromatic N) is 4. The van der Waals surface area contributed by atoms with Crippen LogP contribution < -0.4 is 10.9 Å². The van der Waals surface area contributed by atoms with Gasteiger partial charge in [-0.3, -0.25) is 14.3 Å². The van der Waals surface area contributed by atoms with Crippen molar-refractivity contribution in [2.24, 2.45) is 7.05 Å². The first-order chi connectivity index (χ1) is 15.8. The van der Waals surface area contributed by atoms with Gasteiger partial charge >= 0.3 is 6.18 Å². The Balaban J connectivity index is 0.00000241. The number of halogens is 4. The summed E-state index contributed by atoms with van der Waals surface area (Å²) in [5, 5.41) is 4.78. The van der Waals surface area contributed by atoms with Gasteiger partial charge in [-0.25, -0.2) is 4.98 Å². The van der Waals surface area contributed by atoms with Gasteiger partial charge in [0.15, 0.2) is 0 Å². The summed E-state index contributed by atoms with van der Waals surface area (Å²) in [5.74, 6) is 0.501. The third-order valence-electron chi connectivity index (χ3n) is 6.77. The third-order valence-corrected chi connectivity index (χ3v) is 6.77. The van der Waals surface area contributed by atoms with E-state index in [4.69, 9.17) is 4.98 Å². The number of hydrogen-bond acceptors (Lipinski definition) is 4. The number of aryl methyl sites for hydroxylation is 1. The van der Waals surface area contributed by atoms with Gasteiger partial charge in [0.25, 0.3) is 5.56 Å². The molecule has 4 aromatic heterocycles. The Kier molecular flexibility index (Phi) is 5.29. The lowest BCUT2D eigenvalue weighted by molar-refractivity contribution is -0.141. The van der Waals surface area contributed by atoms with E-state index in [1.807, 2.05) is 19.2 Å². The first-order valence-corrected chi connectivity index (χ1v) is 10.8. The molecule has 2 unspecified atom stereocenters. The quantitative estimate of drug-likeness (QED) is 0.449. The smallest absolute Gasteiger partial charge is 0.332 e. The maximum absolute atomic E-state index is 12.9. The van der Waals surface area contributed by atoms with E-state index < -0.39 is 11.9 Å². The second-order valence-corrected chi connectivity index (χ2v) is 8.71. The van der Waals surface area contributed by atoms with Crippen molar-refractivity contribution in [1.82, 2.24) is 24.4 Å². The minimum Gasteiger partial charge on any atom is -0.332 e. The van der Waals surface area contributed by atoms with Gasteiger partial charge in [-0.1, -0.05) is 6.07 Å². The van der Waals surface area contributed by atoms with Gasteiger partial charge in [-0.2, -0.15) is 13.2 Å². The van der Waals surface area contributed by atoms with E-state index in [9.17, 15) is 18.0 Å². The number of aromatic nitrogens is 4. The first kappa shape index (κ1) is 22.6. The fourth-order valence-corrected chi connectivity index (χ4v) is 5.16. The number of rotatable bonds is 2. The monoisotopic (exact) mass is 487 g/mol. The molecule has 0 aromatic carbocycles. The summed E-state index contributed by atoms with van der Waals surface area (Å²) in [7, 11) is 2.02. The Labute approximate surface area is 198 Å². The largest absolute Gasteiger partial charge is 0.433 e. The van der Waals surface area contributed by atoms with E-state index in [1.165, 1.54) is 34.4 Å². The van der Waals surface area contributed by atoms with Crippen molar-refractivity contribution in [2.45, 2.75) is 37.5 Å². The van der Waals surface area contributed by atoms with Crippen molar-refractivity contribution in [3.63, 3.8) is 0 Å². The second-order valence-electron chi connectivity index (χ2n) is 8.71. The Morgan fingerprint density at radius 3 is 2.62 bits per heavy atom. The van der Waals surface area contributed by atoms with E-state index in [2.05, 4.69) is 14.9 Å². The molecule has 1 saturated heterocycles. The normalized spacial score (nSPS) is 19.2. The number of nitrogens with one attached hydrogen (secondary N) is 1. The van der Waals surface area contributed by atoms with E-state index in [0.29, 0.717) is 29.0 Å². The van der Waals surface area contributed by atoms with Crippen molar-refractivity contribution in [3.8, 4) is 16.9 Å². The topological polar surface area (TPSA) is 64.7 Å². The molecular weight excluding hydrogens is 467 g/mol. The van der Waals surface area contributed by atoms with Crippen LogP contribution in [-0.4, -0.2) is 25.1 Å². The molecule has 34 heavy (non-hydrogen) atoms.